The molecule has 0 saturated carbocycles. The molecule has 0 spiro atoms. The molecule has 0 atom stereocenters. The Hall–Kier alpha value is -2.04. The third-order valence-corrected chi connectivity index (χ3v) is 8.88. The van der Waals surface area contributed by atoms with E-state index in [0.29, 0.717) is 60.8 Å². The average molecular weight is 643 g/mol. The van der Waals surface area contributed by atoms with Gasteiger partial charge in [-0.15, -0.1) is 0 Å². The molecule has 0 radical (unpaired) electrons. The zero-order valence-electron chi connectivity index (χ0n) is 19.3. The highest BCUT2D eigenvalue weighted by molar-refractivity contribution is 9.11. The summed E-state index contributed by atoms with van der Waals surface area (Å²) in [4.78, 5) is 2.09. The minimum atomic E-state index is -4.11. The zero-order valence-corrected chi connectivity index (χ0v) is 24.0. The maximum Gasteiger partial charge on any atom is 0.270 e. The van der Waals surface area contributed by atoms with Gasteiger partial charge in [-0.2, -0.15) is 0 Å². The van der Waals surface area contributed by atoms with Gasteiger partial charge in [0.15, 0.2) is 5.75 Å². The van der Waals surface area contributed by atoms with Crippen LogP contribution in [0.1, 0.15) is 0 Å². The quantitative estimate of drug-likeness (QED) is 0.215. The summed E-state index contributed by atoms with van der Waals surface area (Å²) in [6, 6.07) is 17.5. The lowest BCUT2D eigenvalue weighted by Crippen LogP contribution is -2.20. The number of methoxy groups -OCH3 is 1. The van der Waals surface area contributed by atoms with Crippen molar-refractivity contribution in [3.05, 3.63) is 74.6 Å². The van der Waals surface area contributed by atoms with Gasteiger partial charge in [0.1, 0.15) is 22.9 Å². The summed E-state index contributed by atoms with van der Waals surface area (Å²) in [5.74, 6) is 0.988. The summed E-state index contributed by atoms with van der Waals surface area (Å²) >= 11 is 13.4. The van der Waals surface area contributed by atoms with Crippen LogP contribution in [0.15, 0.2) is 74.5 Å². The maximum absolute atomic E-state index is 14.3. The van der Waals surface area contributed by atoms with E-state index in [2.05, 4.69) is 31.9 Å². The predicted molar refractivity (Wildman–Crippen MR) is 147 cm³/mol. The molecule has 0 saturated heterocycles. The first-order valence-corrected chi connectivity index (χ1v) is 14.0. The lowest BCUT2D eigenvalue weighted by molar-refractivity contribution is 0.264. The van der Waals surface area contributed by atoms with Crippen molar-refractivity contribution in [3.63, 3.8) is 0 Å². The van der Waals surface area contributed by atoms with Gasteiger partial charge in [-0.05, 0) is 76.3 Å². The van der Waals surface area contributed by atoms with Crippen molar-refractivity contribution in [2.45, 2.75) is 4.90 Å². The molecule has 0 aliphatic carbocycles. The van der Waals surface area contributed by atoms with E-state index < -0.39 is 10.0 Å². The Bertz CT molecular complexity index is 1490. The first-order chi connectivity index (χ1) is 16.6. The Morgan fingerprint density at radius 1 is 1.00 bits per heavy atom. The molecule has 0 aliphatic rings. The average Bonchev–Trinajstić information content (AvgIpc) is 3.14. The zero-order chi connectivity index (χ0) is 25.3. The molecule has 35 heavy (non-hydrogen) atoms. The number of halogens is 3. The van der Waals surface area contributed by atoms with Gasteiger partial charge in [-0.3, -0.25) is 0 Å². The van der Waals surface area contributed by atoms with Crippen molar-refractivity contribution in [1.82, 2.24) is 8.87 Å². The number of aromatic nitrogens is 1. The fraction of sp³-hybridized carbons (Fsp3) is 0.200. The second-order valence-corrected chi connectivity index (χ2v) is 11.9. The van der Waals surface area contributed by atoms with Crippen molar-refractivity contribution in [3.8, 4) is 22.8 Å². The van der Waals surface area contributed by atoms with Crippen molar-refractivity contribution < 1.29 is 17.9 Å². The third kappa shape index (κ3) is 5.11. The number of rotatable bonds is 8. The largest absolute Gasteiger partial charge is 0.497 e. The van der Waals surface area contributed by atoms with Crippen LogP contribution in [-0.2, 0) is 10.0 Å². The number of hydrogen-bond donors (Lipinski definition) is 0. The van der Waals surface area contributed by atoms with Crippen LogP contribution in [0, 0.1) is 0 Å². The van der Waals surface area contributed by atoms with Crippen LogP contribution in [0.4, 0.5) is 0 Å². The van der Waals surface area contributed by atoms with Crippen LogP contribution in [0.25, 0.3) is 22.2 Å². The van der Waals surface area contributed by atoms with Gasteiger partial charge in [-0.1, -0.05) is 41.9 Å². The Morgan fingerprint density at radius 3 is 2.34 bits per heavy atom. The molecule has 4 rings (SSSR count). The minimum absolute atomic E-state index is 0.0917. The molecular formula is C25H23Br2ClN2O4S. The first kappa shape index (κ1) is 26.0. The number of hydrogen-bond acceptors (Lipinski definition) is 5. The predicted octanol–water partition coefficient (Wildman–Crippen LogP) is 6.67. The van der Waals surface area contributed by atoms with Gasteiger partial charge in [-0.25, -0.2) is 12.4 Å². The highest BCUT2D eigenvalue weighted by Gasteiger charge is 2.32. The lowest BCUT2D eigenvalue weighted by Gasteiger charge is -2.16. The summed E-state index contributed by atoms with van der Waals surface area (Å²) < 4.78 is 42.3. The highest BCUT2D eigenvalue weighted by atomic mass is 79.9. The van der Waals surface area contributed by atoms with Crippen molar-refractivity contribution in [1.29, 1.82) is 0 Å². The standard InChI is InChI=1S/C25H23Br2ClN2O4S/c1-29(2)11-12-34-25-19-13-17(28)14-21(27)24(19)30(23(25)16-7-5-4-6-8-16)35(31,32)22-10-9-18(33-3)15-20(22)26/h4-10,13-15H,11-12H2,1-3H3. The van der Waals surface area contributed by atoms with Crippen LogP contribution in [0.3, 0.4) is 0 Å². The number of nitrogens with zero attached hydrogens (tertiary/aromatic N) is 2. The van der Waals surface area contributed by atoms with Gasteiger partial charge < -0.3 is 14.4 Å². The molecule has 1 aromatic heterocycles. The van der Waals surface area contributed by atoms with E-state index in [-0.39, 0.29) is 4.90 Å². The molecule has 10 heteroatoms. The van der Waals surface area contributed by atoms with E-state index in [1.807, 2.05) is 49.3 Å². The fourth-order valence-electron chi connectivity index (χ4n) is 3.75. The first-order valence-electron chi connectivity index (χ1n) is 10.6. The maximum atomic E-state index is 14.3. The van der Waals surface area contributed by atoms with Gasteiger partial charge in [0.25, 0.3) is 10.0 Å². The molecule has 4 aromatic rings. The van der Waals surface area contributed by atoms with E-state index >= 15 is 0 Å². The molecule has 0 unspecified atom stereocenters. The second kappa shape index (κ2) is 10.5. The molecular weight excluding hydrogens is 620 g/mol. The number of ether oxygens (including phenoxy) is 2. The van der Waals surface area contributed by atoms with E-state index in [0.717, 1.165) is 0 Å². The third-order valence-electron chi connectivity index (χ3n) is 5.38. The van der Waals surface area contributed by atoms with Crippen LogP contribution >= 0.6 is 43.5 Å². The summed E-state index contributed by atoms with van der Waals surface area (Å²) in [5, 5.41) is 1.05. The molecule has 6 nitrogen and oxygen atoms in total. The topological polar surface area (TPSA) is 60.8 Å². The SMILES string of the molecule is COc1ccc(S(=O)(=O)n2c(-c3ccccc3)c(OCCN(C)C)c3cc(Cl)cc(Br)c32)c(Br)c1. The molecule has 0 aliphatic heterocycles. The van der Waals surface area contributed by atoms with Gasteiger partial charge >= 0.3 is 0 Å². The van der Waals surface area contributed by atoms with Crippen LogP contribution in [-0.4, -0.2) is 51.6 Å². The van der Waals surface area contributed by atoms with Crippen molar-refractivity contribution in [2.24, 2.45) is 0 Å². The molecule has 0 fully saturated rings. The van der Waals surface area contributed by atoms with Crippen molar-refractivity contribution >= 4 is 64.4 Å². The van der Waals surface area contributed by atoms with Crippen LogP contribution in [0.2, 0.25) is 5.02 Å². The Labute approximate surface area is 226 Å². The summed E-state index contributed by atoms with van der Waals surface area (Å²) in [6.07, 6.45) is 0. The van der Waals surface area contributed by atoms with Gasteiger partial charge in [0.05, 0.1) is 12.6 Å². The smallest absolute Gasteiger partial charge is 0.270 e. The molecule has 1 heterocycles. The molecule has 0 N–H and O–H groups in total. The molecule has 3 aromatic carbocycles. The molecule has 0 bridgehead atoms. The minimum Gasteiger partial charge on any atom is -0.497 e. The fourth-order valence-corrected chi connectivity index (χ4v) is 7.44. The number of benzene rings is 3. The summed E-state index contributed by atoms with van der Waals surface area (Å²) in [6.45, 7) is 1.02. The van der Waals surface area contributed by atoms with E-state index in [9.17, 15) is 8.42 Å². The monoisotopic (exact) mass is 640 g/mol. The Balaban J connectivity index is 2.10. The van der Waals surface area contributed by atoms with Crippen LogP contribution < -0.4 is 9.47 Å². The van der Waals surface area contributed by atoms with Crippen LogP contribution in [0.5, 0.6) is 11.5 Å². The lowest BCUT2D eigenvalue weighted by atomic mass is 10.1. The van der Waals surface area contributed by atoms with E-state index in [1.165, 1.54) is 17.1 Å². The molecule has 184 valence electrons. The highest BCUT2D eigenvalue weighted by Crippen LogP contribution is 2.46. The summed E-state index contributed by atoms with van der Waals surface area (Å²) in [5.41, 5.74) is 1.56. The molecule has 0 amide bonds. The number of fused-ring (bicyclic) bond motifs is 1. The number of likely N-dealkylation sites (N-methyl/N-ethyl adjacent to an activating group) is 1. The van der Waals surface area contributed by atoms with E-state index in [1.54, 1.807) is 24.3 Å². The Kier molecular flexibility index (Phi) is 7.83. The Morgan fingerprint density at radius 2 is 1.71 bits per heavy atom. The summed E-state index contributed by atoms with van der Waals surface area (Å²) in [7, 11) is 1.32. The second-order valence-electron chi connectivity index (χ2n) is 8.05. The van der Waals surface area contributed by atoms with Gasteiger partial charge in [0.2, 0.25) is 0 Å². The van der Waals surface area contributed by atoms with Crippen molar-refractivity contribution in [2.75, 3.05) is 34.4 Å². The van der Waals surface area contributed by atoms with E-state index in [4.69, 9.17) is 21.1 Å². The van der Waals surface area contributed by atoms with Gasteiger partial charge in [0, 0.05) is 31.5 Å². The normalized spacial score (nSPS) is 11.9.